The highest BCUT2D eigenvalue weighted by Crippen LogP contribution is 2.34. The second-order valence-corrected chi connectivity index (χ2v) is 10.8. The third-order valence-corrected chi connectivity index (χ3v) is 7.06. The summed E-state index contributed by atoms with van der Waals surface area (Å²) in [7, 11) is -3.30. The highest BCUT2D eigenvalue weighted by Gasteiger charge is 2.32. The molecule has 0 fully saturated rings. The number of nitrogen functional groups attached to an aromatic ring is 1. The van der Waals surface area contributed by atoms with Crippen molar-refractivity contribution in [2.75, 3.05) is 42.3 Å². The van der Waals surface area contributed by atoms with Gasteiger partial charge in [0.2, 0.25) is 0 Å². The van der Waals surface area contributed by atoms with Crippen LogP contribution in [0.2, 0.25) is 0 Å². The van der Waals surface area contributed by atoms with Crippen LogP contribution >= 0.6 is 0 Å². The molecule has 14 heteroatoms. The number of likely N-dealkylation sites (N-methyl/N-ethyl adjacent to an activating group) is 1. The van der Waals surface area contributed by atoms with Crippen LogP contribution in [-0.4, -0.2) is 50.5 Å². The highest BCUT2D eigenvalue weighted by molar-refractivity contribution is 7.90. The van der Waals surface area contributed by atoms with Gasteiger partial charge in [-0.25, -0.2) is 35.9 Å². The van der Waals surface area contributed by atoms with Crippen LogP contribution in [-0.2, 0) is 9.84 Å². The molecule has 4 rings (SSSR count). The fourth-order valence-electron chi connectivity index (χ4n) is 3.97. The lowest BCUT2D eigenvalue weighted by molar-refractivity contribution is 0.396. The Bertz CT molecular complexity index is 1710. The normalized spacial score (nSPS) is 11.3. The number of nitrogens with one attached hydrogen (secondary N) is 2. The van der Waals surface area contributed by atoms with Gasteiger partial charge in [-0.15, -0.1) is 0 Å². The van der Waals surface area contributed by atoms with Crippen molar-refractivity contribution in [3.63, 3.8) is 0 Å². The zero-order valence-electron chi connectivity index (χ0n) is 21.8. The fraction of sp³-hybridized carbons (Fsp3) is 0.148. The lowest BCUT2D eigenvalue weighted by Gasteiger charge is -2.24. The zero-order valence-corrected chi connectivity index (χ0v) is 22.6. The first-order chi connectivity index (χ1) is 19.4. The lowest BCUT2D eigenvalue weighted by Crippen LogP contribution is -2.29. The summed E-state index contributed by atoms with van der Waals surface area (Å²) < 4.78 is 86.7. The maximum Gasteiger partial charge on any atom is 0.199 e. The molecule has 0 spiro atoms. The van der Waals surface area contributed by atoms with Crippen LogP contribution in [0.5, 0.6) is 11.5 Å². The third kappa shape index (κ3) is 6.22. The first-order valence-electron chi connectivity index (χ1n) is 11.9. The van der Waals surface area contributed by atoms with Crippen LogP contribution in [0.1, 0.15) is 11.1 Å². The molecule has 4 N–H and O–H groups in total. The monoisotopic (exact) mass is 588 g/mol. The van der Waals surface area contributed by atoms with Crippen molar-refractivity contribution < 1.29 is 30.7 Å². The molecule has 0 aliphatic carbocycles. The van der Waals surface area contributed by atoms with Crippen molar-refractivity contribution in [2.45, 2.75) is 4.90 Å². The van der Waals surface area contributed by atoms with Crippen LogP contribution in [0.3, 0.4) is 0 Å². The number of ether oxygens (including phenoxy) is 1. The Morgan fingerprint density at radius 2 is 1.56 bits per heavy atom. The summed E-state index contributed by atoms with van der Waals surface area (Å²) in [4.78, 5) is 7.68. The fourth-order valence-corrected chi connectivity index (χ4v) is 4.98. The molecule has 0 unspecified atom stereocenters. The number of hydrogen-bond donors (Lipinski definition) is 3. The number of nitrogens with zero attached hydrogens (tertiary/aromatic N) is 3. The van der Waals surface area contributed by atoms with E-state index in [1.807, 2.05) is 18.2 Å². The smallest absolute Gasteiger partial charge is 0.199 e. The van der Waals surface area contributed by atoms with E-state index in [-0.39, 0.29) is 36.0 Å². The molecule has 0 radical (unpaired) electrons. The van der Waals surface area contributed by atoms with Gasteiger partial charge in [-0.2, -0.15) is 0 Å². The topological polar surface area (TPSA) is 134 Å². The number of anilines is 3. The number of nitrogens with two attached hydrogens (primary N) is 1. The van der Waals surface area contributed by atoms with Crippen LogP contribution < -0.4 is 20.7 Å². The van der Waals surface area contributed by atoms with Crippen molar-refractivity contribution in [3.8, 4) is 11.5 Å². The molecular formula is C27H24F4N6O3S. The average molecular weight is 589 g/mol. The summed E-state index contributed by atoms with van der Waals surface area (Å²) in [5.41, 5.74) is 5.67. The van der Waals surface area contributed by atoms with Crippen molar-refractivity contribution in [3.05, 3.63) is 95.3 Å². The van der Waals surface area contributed by atoms with E-state index >= 15 is 0 Å². The van der Waals surface area contributed by atoms with Gasteiger partial charge in [0, 0.05) is 32.0 Å². The Labute approximate surface area is 233 Å². The molecule has 0 amide bonds. The third-order valence-electron chi connectivity index (χ3n) is 5.94. The van der Waals surface area contributed by atoms with Crippen molar-refractivity contribution >= 4 is 32.9 Å². The summed E-state index contributed by atoms with van der Waals surface area (Å²) in [5.74, 6) is -6.93. The van der Waals surface area contributed by atoms with Crippen molar-refractivity contribution in [2.24, 2.45) is 0 Å². The van der Waals surface area contributed by atoms with E-state index < -0.39 is 43.7 Å². The minimum atomic E-state index is -4.48. The highest BCUT2D eigenvalue weighted by atomic mass is 32.2. The number of benzene rings is 3. The predicted molar refractivity (Wildman–Crippen MR) is 146 cm³/mol. The minimum absolute atomic E-state index is 0.0152. The lowest BCUT2D eigenvalue weighted by atomic mass is 10.0. The Hall–Kier alpha value is -4.72. The van der Waals surface area contributed by atoms with Gasteiger partial charge in [-0.05, 0) is 36.4 Å². The van der Waals surface area contributed by atoms with E-state index in [2.05, 4.69) is 15.3 Å². The second kappa shape index (κ2) is 11.8. The Balaban J connectivity index is 1.53. The molecule has 0 saturated carbocycles. The van der Waals surface area contributed by atoms with Crippen LogP contribution in [0.15, 0.2) is 65.8 Å². The number of hydrogen-bond acceptors (Lipinski definition) is 9. The van der Waals surface area contributed by atoms with Gasteiger partial charge in [0.05, 0.1) is 17.0 Å². The summed E-state index contributed by atoms with van der Waals surface area (Å²) >= 11 is 0. The predicted octanol–water partition coefficient (Wildman–Crippen LogP) is 4.78. The second-order valence-electron chi connectivity index (χ2n) is 8.85. The van der Waals surface area contributed by atoms with E-state index in [9.17, 15) is 26.0 Å². The zero-order chi connectivity index (χ0) is 29.9. The Morgan fingerprint density at radius 3 is 2.20 bits per heavy atom. The minimum Gasteiger partial charge on any atom is -0.457 e. The van der Waals surface area contributed by atoms with Gasteiger partial charge in [-0.1, -0.05) is 18.2 Å². The molecule has 3 aromatic carbocycles. The van der Waals surface area contributed by atoms with E-state index in [4.69, 9.17) is 15.9 Å². The van der Waals surface area contributed by atoms with Crippen LogP contribution in [0.4, 0.5) is 34.9 Å². The van der Waals surface area contributed by atoms with Gasteiger partial charge in [0.15, 0.2) is 33.1 Å². The molecule has 1 heterocycles. The summed E-state index contributed by atoms with van der Waals surface area (Å²) in [6, 6.07) is 15.8. The van der Waals surface area contributed by atoms with Crippen molar-refractivity contribution in [1.82, 2.24) is 9.97 Å². The van der Waals surface area contributed by atoms with Gasteiger partial charge in [0.25, 0.3) is 0 Å². The van der Waals surface area contributed by atoms with E-state index in [1.54, 1.807) is 36.4 Å². The molecule has 41 heavy (non-hydrogen) atoms. The van der Waals surface area contributed by atoms with Gasteiger partial charge in [-0.3, -0.25) is 5.41 Å². The molecular weight excluding hydrogens is 564 g/mol. The SMILES string of the molecule is CN(CCNc1ncnc(N)c1C(=N)c1ccc(Oc2ccccc2)cc1)c1c(F)c(F)c(F)c(F)c1S(C)(=O)=O. The Morgan fingerprint density at radius 1 is 0.951 bits per heavy atom. The molecule has 0 atom stereocenters. The number of halogens is 4. The molecule has 9 nitrogen and oxygen atoms in total. The molecule has 0 aliphatic rings. The molecule has 1 aromatic heterocycles. The maximum absolute atomic E-state index is 14.6. The summed E-state index contributed by atoms with van der Waals surface area (Å²) in [6.07, 6.45) is 1.71. The quantitative estimate of drug-likeness (QED) is 0.0793. The first-order valence-corrected chi connectivity index (χ1v) is 13.8. The number of aromatic nitrogens is 2. The van der Waals surface area contributed by atoms with Gasteiger partial charge < -0.3 is 20.7 Å². The van der Waals surface area contributed by atoms with Crippen molar-refractivity contribution in [1.29, 1.82) is 5.41 Å². The van der Waals surface area contributed by atoms with E-state index in [0.29, 0.717) is 23.3 Å². The molecule has 0 aliphatic heterocycles. The Kier molecular flexibility index (Phi) is 8.42. The largest absolute Gasteiger partial charge is 0.457 e. The summed E-state index contributed by atoms with van der Waals surface area (Å²) in [6.45, 7) is -0.299. The van der Waals surface area contributed by atoms with E-state index in [1.165, 1.54) is 7.05 Å². The number of para-hydroxylation sites is 1. The van der Waals surface area contributed by atoms with E-state index in [0.717, 1.165) is 11.2 Å². The first kappa shape index (κ1) is 29.3. The summed E-state index contributed by atoms with van der Waals surface area (Å²) in [5, 5.41) is 11.6. The van der Waals surface area contributed by atoms with Gasteiger partial charge in [0.1, 0.15) is 34.4 Å². The van der Waals surface area contributed by atoms with Crippen LogP contribution in [0.25, 0.3) is 0 Å². The number of rotatable bonds is 10. The number of sulfone groups is 1. The molecule has 4 aromatic rings. The maximum atomic E-state index is 14.6. The van der Waals surface area contributed by atoms with Gasteiger partial charge >= 0.3 is 0 Å². The molecule has 0 saturated heterocycles. The van der Waals surface area contributed by atoms with Crippen LogP contribution in [0, 0.1) is 28.7 Å². The molecule has 0 bridgehead atoms. The standard InChI is InChI=1S/C27H24F4N6O3S/c1-37(24-21(30)19(28)20(29)22(31)25(24)41(2,38)39)13-12-34-27-18(26(33)35-14-36-27)23(32)15-8-10-17(11-9-15)40-16-6-4-3-5-7-16/h3-11,14,32H,12-13H2,1-2H3,(H3,33,34,35,36). The molecule has 214 valence electrons. The average Bonchev–Trinajstić information content (AvgIpc) is 2.93.